The van der Waals surface area contributed by atoms with Crippen molar-refractivity contribution in [2.75, 3.05) is 18.5 Å². The fourth-order valence-electron chi connectivity index (χ4n) is 4.11. The van der Waals surface area contributed by atoms with Crippen molar-refractivity contribution in [3.63, 3.8) is 0 Å². The van der Waals surface area contributed by atoms with E-state index in [4.69, 9.17) is 9.47 Å². The molecule has 0 unspecified atom stereocenters. The van der Waals surface area contributed by atoms with E-state index in [9.17, 15) is 24.5 Å². The fraction of sp³-hybridized carbons (Fsp3) is 0.214. The highest BCUT2D eigenvalue weighted by Gasteiger charge is 2.36. The minimum absolute atomic E-state index is 0.134. The number of thioether (sulfide) groups is 1. The van der Waals surface area contributed by atoms with Crippen LogP contribution in [0.1, 0.15) is 29.2 Å². The van der Waals surface area contributed by atoms with Crippen LogP contribution in [0.25, 0.3) is 6.08 Å². The normalized spacial score (nSPS) is 14.0. The molecule has 40 heavy (non-hydrogen) atoms. The summed E-state index contributed by atoms with van der Waals surface area (Å²) in [5.74, 6) is -0.255. The zero-order chi connectivity index (χ0) is 29.0. The molecule has 0 saturated carbocycles. The van der Waals surface area contributed by atoms with Crippen molar-refractivity contribution in [1.82, 2.24) is 9.88 Å². The number of aryl methyl sites for hydroxylation is 3. The van der Waals surface area contributed by atoms with E-state index in [0.29, 0.717) is 29.4 Å². The summed E-state index contributed by atoms with van der Waals surface area (Å²) in [7, 11) is 0. The average Bonchev–Trinajstić information content (AvgIpc) is 3.15. The molecule has 206 valence electrons. The van der Waals surface area contributed by atoms with Gasteiger partial charge in [0.1, 0.15) is 12.7 Å². The maximum Gasteiger partial charge on any atom is 0.294 e. The highest BCUT2D eigenvalue weighted by Crippen LogP contribution is 2.36. The summed E-state index contributed by atoms with van der Waals surface area (Å²) in [6.07, 6.45) is 2.62. The molecule has 0 spiro atoms. The molecular weight excluding hydrogens is 536 g/mol. The summed E-state index contributed by atoms with van der Waals surface area (Å²) in [6.45, 7) is 7.43. The predicted molar refractivity (Wildman–Crippen MR) is 151 cm³/mol. The van der Waals surface area contributed by atoms with Crippen molar-refractivity contribution < 1.29 is 28.8 Å². The first-order chi connectivity index (χ1) is 19.0. The fourth-order valence-corrected chi connectivity index (χ4v) is 4.95. The molecule has 1 fully saturated rings. The molecule has 1 aliphatic heterocycles. The first-order valence-corrected chi connectivity index (χ1v) is 13.1. The number of nitrogens with zero attached hydrogens (tertiary/aromatic N) is 3. The predicted octanol–water partition coefficient (Wildman–Crippen LogP) is 5.78. The highest BCUT2D eigenvalue weighted by molar-refractivity contribution is 8.18. The van der Waals surface area contributed by atoms with Gasteiger partial charge >= 0.3 is 0 Å². The van der Waals surface area contributed by atoms with Crippen LogP contribution in [-0.4, -0.2) is 45.0 Å². The number of carbonyl (C=O) groups excluding carboxylic acids is 3. The molecule has 0 radical (unpaired) electrons. The number of amides is 3. The Bertz CT molecular complexity index is 1510. The molecular formula is C28H26N4O7S. The van der Waals surface area contributed by atoms with Crippen LogP contribution in [0, 0.1) is 30.9 Å². The van der Waals surface area contributed by atoms with Crippen LogP contribution in [-0.2, 0) is 9.59 Å². The number of aromatic nitrogens is 1. The van der Waals surface area contributed by atoms with E-state index in [0.717, 1.165) is 39.5 Å². The van der Waals surface area contributed by atoms with E-state index in [1.165, 1.54) is 18.2 Å². The summed E-state index contributed by atoms with van der Waals surface area (Å²) in [5.41, 5.74) is 3.91. The summed E-state index contributed by atoms with van der Waals surface area (Å²) in [5, 5.41) is 13.1. The summed E-state index contributed by atoms with van der Waals surface area (Å²) >= 11 is 0.744. The number of nitrogens with one attached hydrogen (secondary N) is 1. The van der Waals surface area contributed by atoms with Crippen molar-refractivity contribution in [2.24, 2.45) is 0 Å². The zero-order valence-corrected chi connectivity index (χ0v) is 23.0. The van der Waals surface area contributed by atoms with Crippen LogP contribution in [0.15, 0.2) is 53.6 Å². The zero-order valence-electron chi connectivity index (χ0n) is 22.2. The number of hydrogen-bond donors (Lipinski definition) is 1. The SMILES string of the molecule is CCOc1cc(/C=C2\SC(=O)N(CC(=O)Nc3c(C)cc(C)cc3C)C2=O)ccc1Oc1ccc([N+](=O)[O-])cn1. The first-order valence-electron chi connectivity index (χ1n) is 12.2. The number of anilines is 1. The topological polar surface area (TPSA) is 141 Å². The largest absolute Gasteiger partial charge is 0.490 e. The molecule has 4 rings (SSSR count). The van der Waals surface area contributed by atoms with Gasteiger partial charge in [0.25, 0.3) is 16.8 Å². The van der Waals surface area contributed by atoms with Gasteiger partial charge in [-0.25, -0.2) is 4.98 Å². The monoisotopic (exact) mass is 562 g/mol. The quantitative estimate of drug-likeness (QED) is 0.195. The molecule has 11 nitrogen and oxygen atoms in total. The first kappa shape index (κ1) is 28.3. The number of carbonyl (C=O) groups is 3. The Morgan fingerprint density at radius 3 is 2.45 bits per heavy atom. The molecule has 1 N–H and O–H groups in total. The Balaban J connectivity index is 1.48. The molecule has 3 aromatic rings. The Morgan fingerprint density at radius 1 is 1.10 bits per heavy atom. The van der Waals surface area contributed by atoms with Gasteiger partial charge in [-0.1, -0.05) is 23.8 Å². The molecule has 0 atom stereocenters. The van der Waals surface area contributed by atoms with Crippen LogP contribution >= 0.6 is 11.8 Å². The Kier molecular flexibility index (Phi) is 8.49. The Hall–Kier alpha value is -4.71. The number of rotatable bonds is 9. The molecule has 1 aromatic heterocycles. The van der Waals surface area contributed by atoms with Gasteiger partial charge in [-0.15, -0.1) is 0 Å². The second-order valence-electron chi connectivity index (χ2n) is 8.94. The third-order valence-electron chi connectivity index (χ3n) is 5.83. The van der Waals surface area contributed by atoms with Crippen molar-refractivity contribution in [3.05, 3.63) is 85.9 Å². The minimum Gasteiger partial charge on any atom is -0.490 e. The lowest BCUT2D eigenvalue weighted by atomic mass is 10.1. The molecule has 1 saturated heterocycles. The van der Waals surface area contributed by atoms with Gasteiger partial charge in [-0.3, -0.25) is 29.4 Å². The molecule has 2 aromatic carbocycles. The summed E-state index contributed by atoms with van der Waals surface area (Å²) in [4.78, 5) is 53.6. The minimum atomic E-state index is -0.573. The lowest BCUT2D eigenvalue weighted by Gasteiger charge is -2.16. The number of nitro groups is 1. The third kappa shape index (κ3) is 6.46. The molecule has 3 amide bonds. The lowest BCUT2D eigenvalue weighted by molar-refractivity contribution is -0.385. The van der Waals surface area contributed by atoms with Crippen LogP contribution in [0.2, 0.25) is 0 Å². The second-order valence-corrected chi connectivity index (χ2v) is 9.94. The molecule has 12 heteroatoms. The number of imide groups is 1. The molecule has 2 heterocycles. The lowest BCUT2D eigenvalue weighted by Crippen LogP contribution is -2.36. The summed E-state index contributed by atoms with van der Waals surface area (Å²) in [6, 6.07) is 11.4. The van der Waals surface area contributed by atoms with Crippen LogP contribution in [0.4, 0.5) is 16.2 Å². The third-order valence-corrected chi connectivity index (χ3v) is 6.74. The van der Waals surface area contributed by atoms with E-state index >= 15 is 0 Å². The molecule has 1 aliphatic rings. The van der Waals surface area contributed by atoms with Gasteiger partial charge < -0.3 is 14.8 Å². The van der Waals surface area contributed by atoms with Gasteiger partial charge in [0.15, 0.2) is 11.5 Å². The number of hydrogen-bond acceptors (Lipinski definition) is 9. The maximum atomic E-state index is 13.0. The van der Waals surface area contributed by atoms with E-state index in [1.54, 1.807) is 25.1 Å². The van der Waals surface area contributed by atoms with Crippen molar-refractivity contribution in [2.45, 2.75) is 27.7 Å². The second kappa shape index (κ2) is 12.0. The Morgan fingerprint density at radius 2 is 1.82 bits per heavy atom. The van der Waals surface area contributed by atoms with Gasteiger partial charge in [-0.05, 0) is 74.4 Å². The van der Waals surface area contributed by atoms with Gasteiger partial charge in [0.2, 0.25) is 11.8 Å². The van der Waals surface area contributed by atoms with E-state index < -0.39 is 28.5 Å². The van der Waals surface area contributed by atoms with E-state index in [1.807, 2.05) is 32.9 Å². The van der Waals surface area contributed by atoms with Crippen molar-refractivity contribution in [1.29, 1.82) is 0 Å². The van der Waals surface area contributed by atoms with Crippen LogP contribution < -0.4 is 14.8 Å². The standard InChI is InChI=1S/C28H26N4O7S/c1-5-38-22-12-19(6-8-21(22)39-25-9-7-20(14-29-25)32(36)37)13-23-27(34)31(28(35)40-23)15-24(33)30-26-17(3)10-16(2)11-18(26)4/h6-14H,5,15H2,1-4H3,(H,30,33)/b23-13-. The van der Waals surface area contributed by atoms with Crippen LogP contribution in [0.3, 0.4) is 0 Å². The number of pyridine rings is 1. The van der Waals surface area contributed by atoms with Crippen LogP contribution in [0.5, 0.6) is 17.4 Å². The number of ether oxygens (including phenoxy) is 2. The average molecular weight is 563 g/mol. The van der Waals surface area contributed by atoms with E-state index in [2.05, 4.69) is 10.3 Å². The van der Waals surface area contributed by atoms with Gasteiger partial charge in [-0.2, -0.15) is 0 Å². The highest BCUT2D eigenvalue weighted by atomic mass is 32.2. The Labute approximate surface area is 234 Å². The van der Waals surface area contributed by atoms with Gasteiger partial charge in [0.05, 0.1) is 16.4 Å². The summed E-state index contributed by atoms with van der Waals surface area (Å²) < 4.78 is 11.4. The number of benzene rings is 2. The molecule has 0 bridgehead atoms. The van der Waals surface area contributed by atoms with E-state index in [-0.39, 0.29) is 16.5 Å². The van der Waals surface area contributed by atoms with Crippen molar-refractivity contribution >= 4 is 46.3 Å². The smallest absolute Gasteiger partial charge is 0.294 e. The van der Waals surface area contributed by atoms with Gasteiger partial charge in [0, 0.05) is 17.8 Å². The maximum absolute atomic E-state index is 13.0. The van der Waals surface area contributed by atoms with Crippen molar-refractivity contribution in [3.8, 4) is 17.4 Å². The molecule has 0 aliphatic carbocycles.